The molecule has 0 spiro atoms. The summed E-state index contributed by atoms with van der Waals surface area (Å²) in [5.41, 5.74) is 1.97. The Morgan fingerprint density at radius 2 is 1.92 bits per heavy atom. The van der Waals surface area contributed by atoms with Crippen molar-refractivity contribution in [3.05, 3.63) is 85.8 Å². The van der Waals surface area contributed by atoms with Crippen LogP contribution < -0.4 is 20.9 Å². The molecule has 1 aromatic heterocycles. The quantitative estimate of drug-likeness (QED) is 0.291. The van der Waals surface area contributed by atoms with Crippen LogP contribution in [0.4, 0.5) is 19.3 Å². The minimum Gasteiger partial charge on any atom is -0.505 e. The Labute approximate surface area is 227 Å². The topological polar surface area (TPSA) is 130 Å². The van der Waals surface area contributed by atoms with E-state index in [0.29, 0.717) is 35.5 Å². The zero-order chi connectivity index (χ0) is 28.3. The van der Waals surface area contributed by atoms with Gasteiger partial charge in [-0.3, -0.25) is 9.59 Å². The van der Waals surface area contributed by atoms with Gasteiger partial charge in [0.05, 0.1) is 19.0 Å². The molecule has 1 aliphatic carbocycles. The maximum Gasteiger partial charge on any atom is 0.387 e. The largest absolute Gasteiger partial charge is 0.505 e. The molecule has 0 fully saturated rings. The molecule has 0 saturated carbocycles. The van der Waals surface area contributed by atoms with Crippen LogP contribution in [0, 0.1) is 6.92 Å². The number of ether oxygens (including phenoxy) is 1. The number of carboxylic acid groups (broad SMARTS) is 1. The number of urea groups is 1. The van der Waals surface area contributed by atoms with Crippen molar-refractivity contribution < 1.29 is 33.3 Å². The van der Waals surface area contributed by atoms with Gasteiger partial charge in [0, 0.05) is 16.3 Å². The molecular formula is C27H26ClF2N3O6. The predicted molar refractivity (Wildman–Crippen MR) is 140 cm³/mol. The second-order valence-corrected chi connectivity index (χ2v) is 9.54. The highest BCUT2D eigenvalue weighted by Gasteiger charge is 2.27. The van der Waals surface area contributed by atoms with E-state index >= 15 is 0 Å². The van der Waals surface area contributed by atoms with Crippen LogP contribution in [-0.4, -0.2) is 33.4 Å². The molecule has 0 bridgehead atoms. The highest BCUT2D eigenvalue weighted by molar-refractivity contribution is 6.31. The molecular weight excluding hydrogens is 536 g/mol. The van der Waals surface area contributed by atoms with E-state index in [2.05, 4.69) is 15.4 Å². The molecule has 0 saturated heterocycles. The highest BCUT2D eigenvalue weighted by Crippen LogP contribution is 2.34. The number of halogens is 3. The molecule has 206 valence electrons. The number of benzene rings is 2. The number of aliphatic carboxylic acids is 1. The Morgan fingerprint density at radius 3 is 2.62 bits per heavy atom. The van der Waals surface area contributed by atoms with Gasteiger partial charge in [-0.2, -0.15) is 8.78 Å². The summed E-state index contributed by atoms with van der Waals surface area (Å²) in [6.07, 6.45) is 1.18. The van der Waals surface area contributed by atoms with Crippen LogP contribution in [0.25, 0.3) is 0 Å². The van der Waals surface area contributed by atoms with E-state index in [9.17, 15) is 33.4 Å². The number of hydrogen-bond acceptors (Lipinski definition) is 5. The fourth-order valence-corrected chi connectivity index (χ4v) is 5.02. The van der Waals surface area contributed by atoms with Crippen LogP contribution >= 0.6 is 11.6 Å². The van der Waals surface area contributed by atoms with Gasteiger partial charge in [-0.15, -0.1) is 0 Å². The van der Waals surface area contributed by atoms with E-state index in [4.69, 9.17) is 11.6 Å². The van der Waals surface area contributed by atoms with Crippen molar-refractivity contribution in [2.45, 2.75) is 51.8 Å². The summed E-state index contributed by atoms with van der Waals surface area (Å²) in [5.74, 6) is -1.83. The number of pyridine rings is 1. The van der Waals surface area contributed by atoms with Crippen molar-refractivity contribution in [3.63, 3.8) is 0 Å². The van der Waals surface area contributed by atoms with Crippen molar-refractivity contribution in [2.75, 3.05) is 5.32 Å². The second kappa shape index (κ2) is 11.7. The third kappa shape index (κ3) is 6.31. The Bertz CT molecular complexity index is 1460. The molecule has 9 nitrogen and oxygen atoms in total. The first-order valence-corrected chi connectivity index (χ1v) is 12.5. The molecule has 3 aromatic rings. The first kappa shape index (κ1) is 27.9. The molecule has 2 amide bonds. The van der Waals surface area contributed by atoms with Gasteiger partial charge in [0.25, 0.3) is 5.56 Å². The number of carbonyl (C=O) groups excluding carboxylic acids is 1. The molecule has 0 aliphatic heterocycles. The van der Waals surface area contributed by atoms with Crippen molar-refractivity contribution in [2.24, 2.45) is 0 Å². The fourth-order valence-electron chi connectivity index (χ4n) is 4.74. The van der Waals surface area contributed by atoms with Crippen LogP contribution in [0.1, 0.15) is 46.8 Å². The Kier molecular flexibility index (Phi) is 8.39. The molecule has 1 aliphatic rings. The predicted octanol–water partition coefficient (Wildman–Crippen LogP) is 4.99. The van der Waals surface area contributed by atoms with Gasteiger partial charge < -0.3 is 30.2 Å². The van der Waals surface area contributed by atoms with Gasteiger partial charge in [0.2, 0.25) is 0 Å². The van der Waals surface area contributed by atoms with Crippen molar-refractivity contribution in [1.29, 1.82) is 0 Å². The average Bonchev–Trinajstić information content (AvgIpc) is 3.35. The van der Waals surface area contributed by atoms with Crippen LogP contribution in [0.2, 0.25) is 5.02 Å². The van der Waals surface area contributed by atoms with E-state index in [1.54, 1.807) is 12.1 Å². The number of carboxylic acids is 1. The molecule has 1 atom stereocenters. The van der Waals surface area contributed by atoms with Gasteiger partial charge in [-0.25, -0.2) is 4.79 Å². The Balaban J connectivity index is 1.65. The van der Waals surface area contributed by atoms with Crippen LogP contribution in [-0.2, 0) is 24.2 Å². The Morgan fingerprint density at radius 1 is 1.18 bits per heavy atom. The zero-order valence-corrected chi connectivity index (χ0v) is 21.6. The Hall–Kier alpha value is -4.12. The lowest BCUT2D eigenvalue weighted by Gasteiger charge is -2.21. The number of nitrogens with one attached hydrogen (secondary N) is 2. The molecule has 39 heavy (non-hydrogen) atoms. The number of carbonyl (C=O) groups is 2. The summed E-state index contributed by atoms with van der Waals surface area (Å²) in [5, 5.41) is 25.5. The number of rotatable bonds is 9. The van der Waals surface area contributed by atoms with Gasteiger partial charge in [0.1, 0.15) is 11.5 Å². The lowest BCUT2D eigenvalue weighted by atomic mass is 10.0. The highest BCUT2D eigenvalue weighted by atomic mass is 35.5. The van der Waals surface area contributed by atoms with E-state index in [-0.39, 0.29) is 29.3 Å². The zero-order valence-electron chi connectivity index (χ0n) is 20.8. The smallest absolute Gasteiger partial charge is 0.387 e. The van der Waals surface area contributed by atoms with E-state index < -0.39 is 36.6 Å². The number of aromatic hydroxyl groups is 1. The van der Waals surface area contributed by atoms with E-state index in [1.165, 1.54) is 28.8 Å². The molecule has 4 N–H and O–H groups in total. The second-order valence-electron chi connectivity index (χ2n) is 9.13. The van der Waals surface area contributed by atoms with Crippen molar-refractivity contribution in [1.82, 2.24) is 9.88 Å². The van der Waals surface area contributed by atoms with Crippen LogP contribution in [0.3, 0.4) is 0 Å². The summed E-state index contributed by atoms with van der Waals surface area (Å²) in [4.78, 5) is 38.0. The van der Waals surface area contributed by atoms with Crippen LogP contribution in [0.15, 0.2) is 47.3 Å². The summed E-state index contributed by atoms with van der Waals surface area (Å²) < 4.78 is 31.1. The standard InChI is InChI=1S/C27H26ClF2N3O6/c1-14-5-2-9-19(28)18(14)13-33-21-10-4-8-17(21)24(36)23(25(33)37)32-27(38)31-20(12-22(34)35)15-6-3-7-16(11-15)39-26(29)30/h2-3,5-7,9,11,20,26,36H,4,8,10,12-13H2,1H3,(H,34,35)(H2,31,32,38)/t20-/m0/s1. The monoisotopic (exact) mass is 561 g/mol. The first-order valence-electron chi connectivity index (χ1n) is 12.1. The lowest BCUT2D eigenvalue weighted by molar-refractivity contribution is -0.137. The minimum absolute atomic E-state index is 0.127. The number of hydrogen-bond donors (Lipinski definition) is 4. The minimum atomic E-state index is -3.09. The van der Waals surface area contributed by atoms with Gasteiger partial charge in [0.15, 0.2) is 5.69 Å². The molecule has 4 rings (SSSR count). The first-order chi connectivity index (χ1) is 18.5. The van der Waals surface area contributed by atoms with Gasteiger partial charge >= 0.3 is 18.6 Å². The van der Waals surface area contributed by atoms with Crippen molar-refractivity contribution >= 4 is 29.3 Å². The summed E-state index contributed by atoms with van der Waals surface area (Å²) >= 11 is 6.39. The molecule has 1 heterocycles. The number of alkyl halides is 2. The van der Waals surface area contributed by atoms with Gasteiger partial charge in [-0.05, 0) is 61.1 Å². The van der Waals surface area contributed by atoms with E-state index in [1.807, 2.05) is 13.0 Å². The third-order valence-corrected chi connectivity index (χ3v) is 6.93. The SMILES string of the molecule is Cc1cccc(Cl)c1Cn1c2c(c(O)c(NC(=O)N[C@@H](CC(=O)O)c3cccc(OC(F)F)c3)c1=O)CCC2. The summed E-state index contributed by atoms with van der Waals surface area (Å²) in [6.45, 7) is -1.10. The molecule has 0 radical (unpaired) electrons. The van der Waals surface area contributed by atoms with Crippen LogP contribution in [0.5, 0.6) is 11.5 Å². The molecule has 12 heteroatoms. The summed E-state index contributed by atoms with van der Waals surface area (Å²) in [7, 11) is 0. The number of amides is 2. The van der Waals surface area contributed by atoms with E-state index in [0.717, 1.165) is 11.1 Å². The molecule has 2 aromatic carbocycles. The molecule has 0 unspecified atom stereocenters. The fraction of sp³-hybridized carbons (Fsp3) is 0.296. The number of aromatic nitrogens is 1. The number of anilines is 1. The number of aryl methyl sites for hydroxylation is 1. The normalized spacial score (nSPS) is 13.2. The maximum atomic E-state index is 13.5. The maximum absolute atomic E-state index is 13.5. The summed E-state index contributed by atoms with van der Waals surface area (Å²) in [6, 6.07) is 8.52. The number of nitrogens with zero attached hydrogens (tertiary/aromatic N) is 1. The third-order valence-electron chi connectivity index (χ3n) is 6.57. The number of fused-ring (bicyclic) bond motifs is 1. The van der Waals surface area contributed by atoms with Gasteiger partial charge in [-0.1, -0.05) is 35.9 Å². The average molecular weight is 562 g/mol. The van der Waals surface area contributed by atoms with Crippen molar-refractivity contribution in [3.8, 4) is 11.5 Å². The lowest BCUT2D eigenvalue weighted by Crippen LogP contribution is -2.37.